The number of hydrogen-bond acceptors (Lipinski definition) is 4. The predicted molar refractivity (Wildman–Crippen MR) is 73.5 cm³/mol. The molecule has 0 aliphatic heterocycles. The smallest absolute Gasteiger partial charge is 0.210 e. The van der Waals surface area contributed by atoms with Gasteiger partial charge in [0.2, 0.25) is 5.89 Å². The second kappa shape index (κ2) is 4.96. The molecule has 2 rings (SSSR count). The fourth-order valence-corrected chi connectivity index (χ4v) is 2.88. The molecule has 104 valence electrons. The molecule has 0 fully saturated rings. The topological polar surface area (TPSA) is 56.2 Å². The Morgan fingerprint density at radius 2 is 2.05 bits per heavy atom. The Morgan fingerprint density at radius 1 is 1.37 bits per heavy atom. The third kappa shape index (κ3) is 2.81. The lowest BCUT2D eigenvalue weighted by Crippen LogP contribution is -2.09. The summed E-state index contributed by atoms with van der Waals surface area (Å²) >= 11 is 0. The Kier molecular flexibility index (Phi) is 3.67. The largest absolute Gasteiger partial charge is 0.468 e. The van der Waals surface area contributed by atoms with E-state index in [9.17, 15) is 4.21 Å². The first-order valence-corrected chi connectivity index (χ1v) is 7.43. The minimum Gasteiger partial charge on any atom is -0.468 e. The highest BCUT2D eigenvalue weighted by Crippen LogP contribution is 2.30. The molecule has 5 heteroatoms. The zero-order chi connectivity index (χ0) is 14.2. The summed E-state index contributed by atoms with van der Waals surface area (Å²) in [6.45, 7) is 9.81. The van der Waals surface area contributed by atoms with E-state index in [0.29, 0.717) is 16.5 Å². The van der Waals surface area contributed by atoms with E-state index >= 15 is 0 Å². The molecule has 2 atom stereocenters. The van der Waals surface area contributed by atoms with Gasteiger partial charge in [-0.05, 0) is 19.9 Å². The van der Waals surface area contributed by atoms with Gasteiger partial charge in [0, 0.05) is 5.41 Å². The van der Waals surface area contributed by atoms with Crippen LogP contribution in [0.3, 0.4) is 0 Å². The van der Waals surface area contributed by atoms with Crippen LogP contribution in [0.25, 0.3) is 0 Å². The summed E-state index contributed by atoms with van der Waals surface area (Å²) in [6, 6.07) is 1.73. The van der Waals surface area contributed by atoms with E-state index in [4.69, 9.17) is 8.83 Å². The van der Waals surface area contributed by atoms with Crippen molar-refractivity contribution in [2.24, 2.45) is 0 Å². The van der Waals surface area contributed by atoms with Crippen LogP contribution in [-0.2, 0) is 16.2 Å². The monoisotopic (exact) mass is 281 g/mol. The molecule has 0 aliphatic carbocycles. The number of furan rings is 1. The first kappa shape index (κ1) is 14.1. The van der Waals surface area contributed by atoms with Crippen LogP contribution in [0.4, 0.5) is 0 Å². The molecular formula is C14H19NO3S. The molecular weight excluding hydrogens is 262 g/mol. The summed E-state index contributed by atoms with van der Waals surface area (Å²) in [5, 5.41) is -0.299. The van der Waals surface area contributed by atoms with Gasteiger partial charge in [0.15, 0.2) is 0 Å². The lowest BCUT2D eigenvalue weighted by atomic mass is 9.94. The van der Waals surface area contributed by atoms with Crippen molar-refractivity contribution in [3.05, 3.63) is 35.9 Å². The fourth-order valence-electron chi connectivity index (χ4n) is 1.69. The minimum absolute atomic E-state index is 0.0992. The van der Waals surface area contributed by atoms with Crippen molar-refractivity contribution in [2.45, 2.75) is 50.2 Å². The molecule has 0 bridgehead atoms. The summed E-state index contributed by atoms with van der Waals surface area (Å²) < 4.78 is 23.4. The predicted octanol–water partition coefficient (Wildman–Crippen LogP) is 3.74. The highest BCUT2D eigenvalue weighted by molar-refractivity contribution is 7.85. The Hall–Kier alpha value is -1.36. The van der Waals surface area contributed by atoms with Crippen molar-refractivity contribution in [2.75, 3.05) is 0 Å². The van der Waals surface area contributed by atoms with Crippen LogP contribution >= 0.6 is 0 Å². The van der Waals surface area contributed by atoms with Gasteiger partial charge in [0.1, 0.15) is 16.8 Å². The van der Waals surface area contributed by atoms with E-state index in [1.807, 2.05) is 6.92 Å². The third-order valence-corrected chi connectivity index (χ3v) is 4.66. The number of aryl methyl sites for hydroxylation is 1. The molecule has 2 aromatic heterocycles. The molecule has 0 N–H and O–H groups in total. The second-order valence-electron chi connectivity index (χ2n) is 5.59. The van der Waals surface area contributed by atoms with Crippen LogP contribution in [0.2, 0.25) is 0 Å². The summed E-state index contributed by atoms with van der Waals surface area (Å²) in [5.74, 6) is 1.98. The van der Waals surface area contributed by atoms with Crippen LogP contribution in [0, 0.1) is 6.92 Å². The molecule has 2 heterocycles. The van der Waals surface area contributed by atoms with E-state index in [2.05, 4.69) is 25.8 Å². The molecule has 4 nitrogen and oxygen atoms in total. The molecule has 0 spiro atoms. The molecule has 0 aromatic carbocycles. The quantitative estimate of drug-likeness (QED) is 0.860. The minimum atomic E-state index is -1.22. The number of nitrogens with zero attached hydrogens (tertiary/aromatic N) is 1. The van der Waals surface area contributed by atoms with Crippen LogP contribution in [-0.4, -0.2) is 9.19 Å². The van der Waals surface area contributed by atoms with Crippen LogP contribution < -0.4 is 0 Å². The van der Waals surface area contributed by atoms with Gasteiger partial charge in [-0.3, -0.25) is 4.21 Å². The van der Waals surface area contributed by atoms with Gasteiger partial charge < -0.3 is 8.83 Å². The molecule has 0 saturated carbocycles. The third-order valence-electron chi connectivity index (χ3n) is 2.96. The lowest BCUT2D eigenvalue weighted by molar-refractivity contribution is 0.382. The maximum atomic E-state index is 12.4. The Bertz CT molecular complexity index is 592. The summed E-state index contributed by atoms with van der Waals surface area (Å²) in [6.07, 6.45) is 3.26. The van der Waals surface area contributed by atoms with Crippen LogP contribution in [0.15, 0.2) is 32.3 Å². The first-order valence-electron chi connectivity index (χ1n) is 6.21. The average Bonchev–Trinajstić information content (AvgIpc) is 2.94. The number of aromatic nitrogens is 1. The highest BCUT2D eigenvalue weighted by Gasteiger charge is 2.26. The van der Waals surface area contributed by atoms with Crippen molar-refractivity contribution < 1.29 is 13.0 Å². The molecule has 0 unspecified atom stereocenters. The van der Waals surface area contributed by atoms with E-state index in [1.165, 1.54) is 0 Å². The zero-order valence-electron chi connectivity index (χ0n) is 11.9. The molecule has 2 aromatic rings. The van der Waals surface area contributed by atoms with Crippen molar-refractivity contribution in [1.82, 2.24) is 4.98 Å². The van der Waals surface area contributed by atoms with Gasteiger partial charge in [-0.15, -0.1) is 0 Å². The van der Waals surface area contributed by atoms with Crippen LogP contribution in [0.1, 0.15) is 50.4 Å². The van der Waals surface area contributed by atoms with Crippen molar-refractivity contribution in [1.29, 1.82) is 0 Å². The Labute approximate surface area is 115 Å². The van der Waals surface area contributed by atoms with Gasteiger partial charge in [0.25, 0.3) is 0 Å². The van der Waals surface area contributed by atoms with E-state index in [1.54, 1.807) is 25.5 Å². The van der Waals surface area contributed by atoms with Gasteiger partial charge >= 0.3 is 0 Å². The van der Waals surface area contributed by atoms with Gasteiger partial charge in [-0.25, -0.2) is 4.98 Å². The van der Waals surface area contributed by atoms with Gasteiger partial charge in [0.05, 0.1) is 28.2 Å². The SMILES string of the molecule is Cc1occc1[S@@](=O)[C@@H](C)c1ncc(C(C)(C)C)o1. The molecule has 19 heavy (non-hydrogen) atoms. The van der Waals surface area contributed by atoms with Crippen molar-refractivity contribution in [3.8, 4) is 0 Å². The fraction of sp³-hybridized carbons (Fsp3) is 0.500. The first-order chi connectivity index (χ1) is 8.80. The molecule has 0 aliphatic rings. The second-order valence-corrected chi connectivity index (χ2v) is 7.34. The molecule has 0 radical (unpaired) electrons. The standard InChI is InChI=1S/C14H19NO3S/c1-9-11(6-7-17-9)19(16)10(2)13-15-8-12(18-13)14(3,4)5/h6-8,10H,1-5H3/t10-,19-/m0/s1. The van der Waals surface area contributed by atoms with Crippen molar-refractivity contribution >= 4 is 10.8 Å². The number of hydrogen-bond donors (Lipinski definition) is 0. The zero-order valence-corrected chi connectivity index (χ0v) is 12.7. The molecule has 0 amide bonds. The lowest BCUT2D eigenvalue weighted by Gasteiger charge is -2.13. The average molecular weight is 281 g/mol. The van der Waals surface area contributed by atoms with E-state index in [-0.39, 0.29) is 10.7 Å². The maximum absolute atomic E-state index is 12.4. The normalized spacial score (nSPS) is 15.4. The number of rotatable bonds is 3. The summed E-state index contributed by atoms with van der Waals surface area (Å²) in [4.78, 5) is 4.95. The van der Waals surface area contributed by atoms with Gasteiger partial charge in [-0.2, -0.15) is 0 Å². The summed E-state index contributed by atoms with van der Waals surface area (Å²) in [5.41, 5.74) is -0.0992. The van der Waals surface area contributed by atoms with E-state index in [0.717, 1.165) is 5.76 Å². The highest BCUT2D eigenvalue weighted by atomic mass is 32.2. The maximum Gasteiger partial charge on any atom is 0.210 e. The van der Waals surface area contributed by atoms with E-state index < -0.39 is 10.8 Å². The molecule has 0 saturated heterocycles. The summed E-state index contributed by atoms with van der Waals surface area (Å²) in [7, 11) is -1.22. The Balaban J connectivity index is 2.25. The Morgan fingerprint density at radius 3 is 2.53 bits per heavy atom. The number of oxazole rings is 1. The van der Waals surface area contributed by atoms with Gasteiger partial charge in [-0.1, -0.05) is 20.8 Å². The van der Waals surface area contributed by atoms with Crippen molar-refractivity contribution in [3.63, 3.8) is 0 Å². The van der Waals surface area contributed by atoms with Crippen LogP contribution in [0.5, 0.6) is 0 Å².